The van der Waals surface area contributed by atoms with Crippen LogP contribution in [0.15, 0.2) is 83.8 Å². The monoisotopic (exact) mass is 426 g/mol. The zero-order valence-corrected chi connectivity index (χ0v) is 17.7. The van der Waals surface area contributed by atoms with E-state index in [1.54, 1.807) is 24.3 Å². The van der Waals surface area contributed by atoms with Crippen molar-refractivity contribution in [2.75, 3.05) is 7.05 Å². The lowest BCUT2D eigenvalue weighted by Gasteiger charge is -2.31. The van der Waals surface area contributed by atoms with Gasteiger partial charge in [-0.15, -0.1) is 0 Å². The molecule has 0 spiro atoms. The van der Waals surface area contributed by atoms with Crippen molar-refractivity contribution in [2.45, 2.75) is 29.9 Å². The third kappa shape index (κ3) is 4.38. The van der Waals surface area contributed by atoms with E-state index in [1.807, 2.05) is 49.5 Å². The average Bonchev–Trinajstić information content (AvgIpc) is 3.06. The second kappa shape index (κ2) is 8.28. The normalized spacial score (nSPS) is 18.7. The van der Waals surface area contributed by atoms with E-state index in [9.17, 15) is 8.42 Å². The van der Waals surface area contributed by atoms with Crippen LogP contribution in [0.25, 0.3) is 0 Å². The standard InChI is InChI=1S/C23H23ClN2O2S/c1-26(16-17-8-7-10-19(24)14-17)23-21-13-6-5-9-18(21)15-22(23)25-29(27,28)20-11-3-2-4-12-20/h2-14,22-23,25H,15-16H2,1H3/t22-,23-/m1/s1. The molecule has 29 heavy (non-hydrogen) atoms. The van der Waals surface area contributed by atoms with Gasteiger partial charge < -0.3 is 0 Å². The molecule has 0 aromatic heterocycles. The number of sulfonamides is 1. The van der Waals surface area contributed by atoms with E-state index in [1.165, 1.54) is 5.56 Å². The lowest BCUT2D eigenvalue weighted by Crippen LogP contribution is -2.43. The highest BCUT2D eigenvalue weighted by molar-refractivity contribution is 7.89. The molecule has 2 atom stereocenters. The molecule has 150 valence electrons. The Labute approximate surface area is 177 Å². The Morgan fingerprint density at radius 1 is 1.00 bits per heavy atom. The van der Waals surface area contributed by atoms with Crippen molar-refractivity contribution in [2.24, 2.45) is 0 Å². The van der Waals surface area contributed by atoms with Crippen LogP contribution in [0.4, 0.5) is 0 Å². The van der Waals surface area contributed by atoms with Gasteiger partial charge in [0.1, 0.15) is 0 Å². The molecule has 0 aliphatic heterocycles. The molecule has 0 radical (unpaired) electrons. The Kier molecular flexibility index (Phi) is 5.74. The highest BCUT2D eigenvalue weighted by Crippen LogP contribution is 2.37. The number of fused-ring (bicyclic) bond motifs is 1. The first-order chi connectivity index (χ1) is 13.9. The first-order valence-corrected chi connectivity index (χ1v) is 11.4. The van der Waals surface area contributed by atoms with Crippen LogP contribution in [0.3, 0.4) is 0 Å². The van der Waals surface area contributed by atoms with E-state index in [4.69, 9.17) is 11.6 Å². The third-order valence-corrected chi connectivity index (χ3v) is 7.09. The maximum Gasteiger partial charge on any atom is 0.240 e. The van der Waals surface area contributed by atoms with Crippen LogP contribution < -0.4 is 4.72 Å². The lowest BCUT2D eigenvalue weighted by molar-refractivity contribution is 0.209. The van der Waals surface area contributed by atoms with E-state index in [2.05, 4.69) is 21.8 Å². The fourth-order valence-electron chi connectivity index (χ4n) is 4.11. The van der Waals surface area contributed by atoms with Gasteiger partial charge >= 0.3 is 0 Å². The summed E-state index contributed by atoms with van der Waals surface area (Å²) in [6, 6.07) is 24.2. The first-order valence-electron chi connectivity index (χ1n) is 9.54. The largest absolute Gasteiger partial charge is 0.293 e. The molecule has 0 heterocycles. The fraction of sp³-hybridized carbons (Fsp3) is 0.217. The molecule has 1 aliphatic carbocycles. The molecular formula is C23H23ClN2O2S. The van der Waals surface area contributed by atoms with Crippen LogP contribution in [-0.4, -0.2) is 26.4 Å². The van der Waals surface area contributed by atoms with E-state index < -0.39 is 10.0 Å². The number of nitrogens with one attached hydrogen (secondary N) is 1. The summed E-state index contributed by atoms with van der Waals surface area (Å²) in [5, 5.41) is 0.698. The summed E-state index contributed by atoms with van der Waals surface area (Å²) in [4.78, 5) is 2.47. The van der Waals surface area contributed by atoms with Crippen LogP contribution in [0.1, 0.15) is 22.7 Å². The number of hydrogen-bond donors (Lipinski definition) is 1. The maximum atomic E-state index is 13.0. The molecule has 0 fully saturated rings. The Hall–Kier alpha value is -2.18. The Bertz CT molecular complexity index is 1100. The second-order valence-electron chi connectivity index (χ2n) is 7.43. The highest BCUT2D eigenvalue weighted by atomic mass is 35.5. The van der Waals surface area contributed by atoms with Gasteiger partial charge in [0, 0.05) is 17.6 Å². The number of likely N-dealkylation sites (N-methyl/N-ethyl adjacent to an activating group) is 1. The summed E-state index contributed by atoms with van der Waals surface area (Å²) in [6.07, 6.45) is 0.660. The highest BCUT2D eigenvalue weighted by Gasteiger charge is 2.37. The molecule has 4 nitrogen and oxygen atoms in total. The van der Waals surface area contributed by atoms with Gasteiger partial charge in [-0.05, 0) is 54.4 Å². The molecule has 0 saturated carbocycles. The molecule has 3 aromatic carbocycles. The number of hydrogen-bond acceptors (Lipinski definition) is 3. The van der Waals surface area contributed by atoms with E-state index >= 15 is 0 Å². The molecule has 1 N–H and O–H groups in total. The minimum Gasteiger partial charge on any atom is -0.293 e. The molecule has 6 heteroatoms. The zero-order chi connectivity index (χ0) is 20.4. The topological polar surface area (TPSA) is 49.4 Å². The van der Waals surface area contributed by atoms with Gasteiger partial charge in [-0.25, -0.2) is 13.1 Å². The summed E-state index contributed by atoms with van der Waals surface area (Å²) < 4.78 is 28.9. The predicted molar refractivity (Wildman–Crippen MR) is 116 cm³/mol. The van der Waals surface area contributed by atoms with Crippen LogP contribution in [-0.2, 0) is 23.0 Å². The van der Waals surface area contributed by atoms with Crippen molar-refractivity contribution in [1.82, 2.24) is 9.62 Å². The number of rotatable bonds is 6. The van der Waals surface area contributed by atoms with Crippen molar-refractivity contribution in [3.8, 4) is 0 Å². The molecule has 3 aromatic rings. The van der Waals surface area contributed by atoms with E-state index in [0.717, 1.165) is 11.1 Å². The SMILES string of the molecule is CN(Cc1cccc(Cl)c1)[C@@H]1c2ccccc2C[C@H]1NS(=O)(=O)c1ccccc1. The van der Waals surface area contributed by atoms with Gasteiger partial charge in [0.15, 0.2) is 0 Å². The van der Waals surface area contributed by atoms with Crippen molar-refractivity contribution in [3.05, 3.63) is 101 Å². The van der Waals surface area contributed by atoms with Crippen molar-refractivity contribution in [3.63, 3.8) is 0 Å². The van der Waals surface area contributed by atoms with Crippen LogP contribution >= 0.6 is 11.6 Å². The summed E-state index contributed by atoms with van der Waals surface area (Å²) in [6.45, 7) is 0.670. The molecule has 0 amide bonds. The Balaban J connectivity index is 1.63. The van der Waals surface area contributed by atoms with Gasteiger partial charge in [-0.2, -0.15) is 0 Å². The summed E-state index contributed by atoms with van der Waals surface area (Å²) in [5.74, 6) is 0. The van der Waals surface area contributed by atoms with Crippen LogP contribution in [0.2, 0.25) is 5.02 Å². The molecule has 0 bridgehead atoms. The minimum atomic E-state index is -3.61. The van der Waals surface area contributed by atoms with E-state index in [0.29, 0.717) is 18.0 Å². The van der Waals surface area contributed by atoms with Crippen molar-refractivity contribution >= 4 is 21.6 Å². The van der Waals surface area contributed by atoms with Crippen molar-refractivity contribution < 1.29 is 8.42 Å². The summed E-state index contributed by atoms with van der Waals surface area (Å²) >= 11 is 6.14. The zero-order valence-electron chi connectivity index (χ0n) is 16.1. The van der Waals surface area contributed by atoms with E-state index in [-0.39, 0.29) is 17.0 Å². The first kappa shape index (κ1) is 20.1. The summed E-state index contributed by atoms with van der Waals surface area (Å²) in [7, 11) is -1.58. The Morgan fingerprint density at radius 2 is 1.72 bits per heavy atom. The fourth-order valence-corrected chi connectivity index (χ4v) is 5.59. The number of benzene rings is 3. The smallest absolute Gasteiger partial charge is 0.240 e. The Morgan fingerprint density at radius 3 is 2.48 bits per heavy atom. The molecule has 0 unspecified atom stereocenters. The average molecular weight is 427 g/mol. The molecular weight excluding hydrogens is 404 g/mol. The number of nitrogens with zero attached hydrogens (tertiary/aromatic N) is 1. The third-order valence-electron chi connectivity index (χ3n) is 5.35. The van der Waals surface area contributed by atoms with Crippen LogP contribution in [0, 0.1) is 0 Å². The van der Waals surface area contributed by atoms with Gasteiger partial charge in [-0.3, -0.25) is 4.90 Å². The van der Waals surface area contributed by atoms with Gasteiger partial charge in [-0.1, -0.05) is 66.2 Å². The molecule has 4 rings (SSSR count). The number of halogens is 1. The van der Waals surface area contributed by atoms with Gasteiger partial charge in [0.2, 0.25) is 10.0 Å². The minimum absolute atomic E-state index is 0.0660. The lowest BCUT2D eigenvalue weighted by atomic mass is 10.0. The van der Waals surface area contributed by atoms with Crippen LogP contribution in [0.5, 0.6) is 0 Å². The molecule has 1 aliphatic rings. The van der Waals surface area contributed by atoms with Gasteiger partial charge in [0.25, 0.3) is 0 Å². The maximum absolute atomic E-state index is 13.0. The van der Waals surface area contributed by atoms with Crippen molar-refractivity contribution in [1.29, 1.82) is 0 Å². The summed E-state index contributed by atoms with van der Waals surface area (Å²) in [5.41, 5.74) is 3.43. The predicted octanol–water partition coefficient (Wildman–Crippen LogP) is 4.42. The quantitative estimate of drug-likeness (QED) is 0.634. The second-order valence-corrected chi connectivity index (χ2v) is 9.58. The van der Waals surface area contributed by atoms with Gasteiger partial charge in [0.05, 0.1) is 10.9 Å². The molecule has 0 saturated heterocycles.